The first kappa shape index (κ1) is 16.2. The van der Waals surface area contributed by atoms with Crippen molar-refractivity contribution in [2.24, 2.45) is 0 Å². The van der Waals surface area contributed by atoms with Gasteiger partial charge in [-0.3, -0.25) is 9.59 Å². The van der Waals surface area contributed by atoms with Crippen molar-refractivity contribution in [1.82, 2.24) is 10.6 Å². The van der Waals surface area contributed by atoms with E-state index in [-0.39, 0.29) is 24.2 Å². The second kappa shape index (κ2) is 7.73. The molecule has 0 radical (unpaired) electrons. The van der Waals surface area contributed by atoms with Crippen molar-refractivity contribution in [2.45, 2.75) is 57.4 Å². The van der Waals surface area contributed by atoms with E-state index < -0.39 is 0 Å². The maximum atomic E-state index is 12.3. The fraction of sp³-hybridized carbons (Fsp3) is 0.579. The van der Waals surface area contributed by atoms with E-state index in [1.54, 1.807) is 0 Å². The fourth-order valence-corrected chi connectivity index (χ4v) is 3.55. The number of hydrogen-bond acceptors (Lipinski definition) is 3. The Morgan fingerprint density at radius 2 is 1.91 bits per heavy atom. The van der Waals surface area contributed by atoms with Crippen LogP contribution in [-0.2, 0) is 17.6 Å². The fourth-order valence-electron chi connectivity index (χ4n) is 3.55. The number of benzene rings is 1. The van der Waals surface area contributed by atoms with Gasteiger partial charge in [-0.15, -0.1) is 0 Å². The first-order valence-electron chi connectivity index (χ1n) is 8.87. The molecule has 1 aromatic carbocycles. The number of fused-ring (bicyclic) bond motifs is 1. The molecule has 0 spiro atoms. The first-order valence-corrected chi connectivity index (χ1v) is 8.87. The third kappa shape index (κ3) is 4.41. The van der Waals surface area contributed by atoms with E-state index in [1.165, 1.54) is 24.0 Å². The summed E-state index contributed by atoms with van der Waals surface area (Å²) in [5, 5.41) is 6.30. The Bertz CT molecular complexity index is 577. The zero-order valence-corrected chi connectivity index (χ0v) is 13.7. The summed E-state index contributed by atoms with van der Waals surface area (Å²) in [6, 6.07) is 6.28. The number of carbonyl (C=O) groups is 2. The number of nitrogens with one attached hydrogen (secondary N) is 2. The summed E-state index contributed by atoms with van der Waals surface area (Å²) in [5.74, 6) is 0.0697. The maximum absolute atomic E-state index is 12.3. The number of aryl methyl sites for hydroxylation is 2. The minimum atomic E-state index is -0.00925. The number of rotatable bonds is 5. The maximum Gasteiger partial charge on any atom is 0.220 e. The summed E-state index contributed by atoms with van der Waals surface area (Å²) < 4.78 is 0. The van der Waals surface area contributed by atoms with Crippen LogP contribution in [0.4, 0.5) is 0 Å². The molecular formula is C19H26N2O2. The molecule has 4 nitrogen and oxygen atoms in total. The zero-order valence-electron chi connectivity index (χ0n) is 13.7. The smallest absolute Gasteiger partial charge is 0.220 e. The molecule has 0 bridgehead atoms. The Labute approximate surface area is 138 Å². The van der Waals surface area contributed by atoms with Crippen molar-refractivity contribution in [2.75, 3.05) is 13.1 Å². The molecule has 1 heterocycles. The van der Waals surface area contributed by atoms with Crippen molar-refractivity contribution in [3.05, 3.63) is 34.9 Å². The molecule has 1 atom stereocenters. The molecule has 2 aliphatic rings. The minimum absolute atomic E-state index is 0.00925. The number of amides is 1. The lowest BCUT2D eigenvalue weighted by molar-refractivity contribution is -0.121. The van der Waals surface area contributed by atoms with Crippen molar-refractivity contribution >= 4 is 11.7 Å². The zero-order chi connectivity index (χ0) is 16.1. The van der Waals surface area contributed by atoms with Crippen molar-refractivity contribution < 1.29 is 9.59 Å². The van der Waals surface area contributed by atoms with Crippen LogP contribution in [0, 0.1) is 0 Å². The van der Waals surface area contributed by atoms with Crippen LogP contribution in [0.1, 0.15) is 60.0 Å². The third-order valence-corrected chi connectivity index (χ3v) is 4.91. The van der Waals surface area contributed by atoms with Crippen LogP contribution in [0.5, 0.6) is 0 Å². The van der Waals surface area contributed by atoms with E-state index in [9.17, 15) is 9.59 Å². The van der Waals surface area contributed by atoms with Gasteiger partial charge in [-0.1, -0.05) is 12.1 Å². The van der Waals surface area contributed by atoms with Crippen LogP contribution in [0.2, 0.25) is 0 Å². The van der Waals surface area contributed by atoms with Gasteiger partial charge >= 0.3 is 0 Å². The Morgan fingerprint density at radius 3 is 2.70 bits per heavy atom. The Hall–Kier alpha value is -1.68. The molecule has 0 saturated carbocycles. The molecule has 1 aromatic rings. The third-order valence-electron chi connectivity index (χ3n) is 4.91. The minimum Gasteiger partial charge on any atom is -0.352 e. The topological polar surface area (TPSA) is 58.2 Å². The summed E-state index contributed by atoms with van der Waals surface area (Å²) in [6.45, 7) is 1.87. The molecule has 1 aliphatic heterocycles. The van der Waals surface area contributed by atoms with E-state index >= 15 is 0 Å². The largest absolute Gasteiger partial charge is 0.352 e. The molecule has 0 aromatic heterocycles. The van der Waals surface area contributed by atoms with Gasteiger partial charge in [0.2, 0.25) is 5.91 Å². The summed E-state index contributed by atoms with van der Waals surface area (Å²) in [7, 11) is 0. The lowest BCUT2D eigenvalue weighted by atomic mass is 9.89. The van der Waals surface area contributed by atoms with Gasteiger partial charge < -0.3 is 10.6 Å². The predicted molar refractivity (Wildman–Crippen MR) is 90.7 cm³/mol. The van der Waals surface area contributed by atoms with Gasteiger partial charge in [-0.25, -0.2) is 0 Å². The summed E-state index contributed by atoms with van der Waals surface area (Å²) in [5.41, 5.74) is 3.47. The molecule has 23 heavy (non-hydrogen) atoms. The normalized spacial score (nSPS) is 20.6. The Morgan fingerprint density at radius 1 is 1.09 bits per heavy atom. The van der Waals surface area contributed by atoms with Crippen molar-refractivity contribution in [1.29, 1.82) is 0 Å². The lowest BCUT2D eigenvalue weighted by Crippen LogP contribution is -2.45. The number of ketones is 1. The van der Waals surface area contributed by atoms with Gasteiger partial charge in [-0.05, 0) is 62.3 Å². The number of Topliss-reactive ketones (excluding diaryl/α,β-unsaturated/α-hetero) is 1. The van der Waals surface area contributed by atoms with Crippen LogP contribution >= 0.6 is 0 Å². The molecule has 1 unspecified atom stereocenters. The van der Waals surface area contributed by atoms with Crippen LogP contribution in [0.15, 0.2) is 18.2 Å². The monoisotopic (exact) mass is 314 g/mol. The van der Waals surface area contributed by atoms with Crippen LogP contribution in [-0.4, -0.2) is 30.8 Å². The highest BCUT2D eigenvalue weighted by atomic mass is 16.2. The highest BCUT2D eigenvalue weighted by Crippen LogP contribution is 2.22. The second-order valence-corrected chi connectivity index (χ2v) is 6.72. The molecule has 1 aliphatic carbocycles. The highest BCUT2D eigenvalue weighted by Gasteiger charge is 2.17. The van der Waals surface area contributed by atoms with E-state index in [0.717, 1.165) is 44.3 Å². The molecule has 124 valence electrons. The van der Waals surface area contributed by atoms with Gasteiger partial charge in [0.25, 0.3) is 0 Å². The summed E-state index contributed by atoms with van der Waals surface area (Å²) >= 11 is 0. The van der Waals surface area contributed by atoms with Gasteiger partial charge in [0, 0.05) is 31.0 Å². The van der Waals surface area contributed by atoms with Gasteiger partial charge in [0.15, 0.2) is 5.78 Å². The number of piperidine rings is 1. The predicted octanol–water partition coefficient (Wildman–Crippen LogP) is 2.40. The van der Waals surface area contributed by atoms with E-state index in [4.69, 9.17) is 0 Å². The van der Waals surface area contributed by atoms with Gasteiger partial charge in [-0.2, -0.15) is 0 Å². The van der Waals surface area contributed by atoms with E-state index in [1.807, 2.05) is 12.1 Å². The summed E-state index contributed by atoms with van der Waals surface area (Å²) in [4.78, 5) is 24.3. The number of carbonyl (C=O) groups excluding carboxylic acids is 2. The first-order chi connectivity index (χ1) is 11.2. The average Bonchev–Trinajstić information content (AvgIpc) is 2.60. The van der Waals surface area contributed by atoms with Crippen molar-refractivity contribution in [3.8, 4) is 0 Å². The van der Waals surface area contributed by atoms with Gasteiger partial charge in [0.1, 0.15) is 0 Å². The molecule has 1 amide bonds. The van der Waals surface area contributed by atoms with Crippen LogP contribution in [0.25, 0.3) is 0 Å². The summed E-state index contributed by atoms with van der Waals surface area (Å²) in [6.07, 6.45) is 7.36. The molecule has 3 rings (SSSR count). The van der Waals surface area contributed by atoms with Gasteiger partial charge in [0.05, 0.1) is 0 Å². The van der Waals surface area contributed by atoms with Crippen LogP contribution in [0.3, 0.4) is 0 Å². The quantitative estimate of drug-likeness (QED) is 0.821. The molecule has 4 heteroatoms. The highest BCUT2D eigenvalue weighted by molar-refractivity contribution is 5.98. The number of hydrogen-bond donors (Lipinski definition) is 2. The molecular weight excluding hydrogens is 288 g/mol. The van der Waals surface area contributed by atoms with E-state index in [2.05, 4.69) is 16.7 Å². The SMILES string of the molecule is O=C(CCC(=O)c1ccc2c(c1)CCCC2)NC1CCCNC1. The Kier molecular flexibility index (Phi) is 5.44. The lowest BCUT2D eigenvalue weighted by Gasteiger charge is -2.23. The van der Waals surface area contributed by atoms with Crippen molar-refractivity contribution in [3.63, 3.8) is 0 Å². The van der Waals surface area contributed by atoms with E-state index in [0.29, 0.717) is 6.42 Å². The molecule has 1 saturated heterocycles. The standard InChI is InChI=1S/C19H26N2O2/c22-18(9-10-19(23)21-17-6-3-11-20-13-17)16-8-7-14-4-1-2-5-15(14)12-16/h7-8,12,17,20H,1-6,9-11,13H2,(H,21,23). The molecule has 2 N–H and O–H groups in total. The Balaban J connectivity index is 1.49. The molecule has 1 fully saturated rings. The average molecular weight is 314 g/mol. The second-order valence-electron chi connectivity index (χ2n) is 6.72. The van der Waals surface area contributed by atoms with Crippen LogP contribution < -0.4 is 10.6 Å².